The Kier molecular flexibility index (Phi) is 6.13. The van der Waals surface area contributed by atoms with E-state index < -0.39 is 0 Å². The van der Waals surface area contributed by atoms with Crippen molar-refractivity contribution >= 4 is 23.3 Å². The molecule has 1 aliphatic heterocycles. The van der Waals surface area contributed by atoms with Crippen LogP contribution in [-0.4, -0.2) is 42.8 Å². The first-order chi connectivity index (χ1) is 15.0. The highest BCUT2D eigenvalue weighted by atomic mass is 35.5. The number of nitrogens with zero attached hydrogens (tertiary/aromatic N) is 1. The van der Waals surface area contributed by atoms with Crippen molar-refractivity contribution in [3.05, 3.63) is 34.9 Å². The zero-order valence-electron chi connectivity index (χ0n) is 18.5. The van der Waals surface area contributed by atoms with Gasteiger partial charge in [-0.15, -0.1) is 0 Å². The van der Waals surface area contributed by atoms with Gasteiger partial charge in [-0.05, 0) is 112 Å². The molecule has 0 atom stereocenters. The minimum absolute atomic E-state index is 0.100. The first-order valence-electron chi connectivity index (χ1n) is 12.3. The third kappa shape index (κ3) is 4.85. The number of nitrogens with one attached hydrogen (secondary N) is 1. The minimum atomic E-state index is 0.100. The molecule has 4 bridgehead atoms. The van der Waals surface area contributed by atoms with E-state index in [9.17, 15) is 9.59 Å². The smallest absolute Gasteiger partial charge is 0.220 e. The molecule has 5 fully saturated rings. The molecule has 0 unspecified atom stereocenters. The molecule has 5 heteroatoms. The molecule has 1 heterocycles. The summed E-state index contributed by atoms with van der Waals surface area (Å²) in [7, 11) is 0. The lowest BCUT2D eigenvalue weighted by atomic mass is 9.49. The molecule has 31 heavy (non-hydrogen) atoms. The Morgan fingerprint density at radius 3 is 2.13 bits per heavy atom. The Bertz CT molecular complexity index is 778. The van der Waals surface area contributed by atoms with Crippen molar-refractivity contribution in [2.24, 2.45) is 29.1 Å². The van der Waals surface area contributed by atoms with Gasteiger partial charge >= 0.3 is 0 Å². The number of likely N-dealkylation sites (tertiary alicyclic amines) is 1. The van der Waals surface area contributed by atoms with E-state index in [0.29, 0.717) is 10.4 Å². The SMILES string of the molecule is O=C(CC12CC3CC(CC(C3)C1)C2)NCCN1CCC(C(=O)c2ccc(Cl)cc2)CC1. The van der Waals surface area contributed by atoms with Gasteiger partial charge in [-0.2, -0.15) is 0 Å². The van der Waals surface area contributed by atoms with Crippen LogP contribution in [0.25, 0.3) is 0 Å². The predicted molar refractivity (Wildman–Crippen MR) is 123 cm³/mol. The number of carbonyl (C=O) groups excluding carboxylic acids is 2. The van der Waals surface area contributed by atoms with Crippen LogP contribution in [0.2, 0.25) is 5.02 Å². The fraction of sp³-hybridized carbons (Fsp3) is 0.692. The van der Waals surface area contributed by atoms with Crippen molar-refractivity contribution in [1.82, 2.24) is 10.2 Å². The van der Waals surface area contributed by atoms with Crippen molar-refractivity contribution in [2.75, 3.05) is 26.2 Å². The second-order valence-electron chi connectivity index (χ2n) is 10.9. The summed E-state index contributed by atoms with van der Waals surface area (Å²) in [6, 6.07) is 7.23. The Balaban J connectivity index is 1.03. The van der Waals surface area contributed by atoms with Crippen LogP contribution in [0, 0.1) is 29.1 Å². The molecule has 1 saturated heterocycles. The van der Waals surface area contributed by atoms with E-state index in [2.05, 4.69) is 10.2 Å². The van der Waals surface area contributed by atoms with Crippen LogP contribution in [0.4, 0.5) is 0 Å². The second kappa shape index (κ2) is 8.86. The summed E-state index contributed by atoms with van der Waals surface area (Å²) in [6.45, 7) is 3.46. The van der Waals surface area contributed by atoms with Gasteiger partial charge < -0.3 is 10.2 Å². The molecule has 168 valence electrons. The van der Waals surface area contributed by atoms with Crippen molar-refractivity contribution in [3.63, 3.8) is 0 Å². The third-order valence-electron chi connectivity index (χ3n) is 8.54. The Labute approximate surface area is 191 Å². The van der Waals surface area contributed by atoms with Crippen molar-refractivity contribution in [3.8, 4) is 0 Å². The standard InChI is InChI=1S/C26H35ClN2O2/c27-23-3-1-21(2-4-23)25(31)22-5-8-29(9-6-22)10-7-28-24(30)17-26-14-18-11-19(15-26)13-20(12-18)16-26/h1-4,18-20,22H,5-17H2,(H,28,30). The Morgan fingerprint density at radius 2 is 1.55 bits per heavy atom. The van der Waals surface area contributed by atoms with Crippen LogP contribution in [0.15, 0.2) is 24.3 Å². The quantitative estimate of drug-likeness (QED) is 0.607. The van der Waals surface area contributed by atoms with Crippen LogP contribution in [0.3, 0.4) is 0 Å². The van der Waals surface area contributed by atoms with Gasteiger partial charge in [-0.3, -0.25) is 9.59 Å². The molecule has 0 radical (unpaired) electrons. The lowest BCUT2D eigenvalue weighted by Gasteiger charge is -2.56. The van der Waals surface area contributed by atoms with Crippen molar-refractivity contribution in [2.45, 2.75) is 57.8 Å². The minimum Gasteiger partial charge on any atom is -0.355 e. The van der Waals surface area contributed by atoms with Crippen LogP contribution in [0.1, 0.15) is 68.1 Å². The number of halogens is 1. The van der Waals surface area contributed by atoms with Gasteiger partial charge in [0.1, 0.15) is 0 Å². The number of Topliss-reactive ketones (excluding diaryl/α,β-unsaturated/α-hetero) is 1. The van der Waals surface area contributed by atoms with E-state index in [0.717, 1.165) is 68.8 Å². The van der Waals surface area contributed by atoms with E-state index in [1.807, 2.05) is 12.1 Å². The summed E-state index contributed by atoms with van der Waals surface area (Å²) >= 11 is 5.93. The molecule has 5 aliphatic rings. The number of carbonyl (C=O) groups is 2. The van der Waals surface area contributed by atoms with Crippen molar-refractivity contribution < 1.29 is 9.59 Å². The maximum atomic E-state index is 12.7. The zero-order chi connectivity index (χ0) is 21.4. The summed E-state index contributed by atoms with van der Waals surface area (Å²) in [5.74, 6) is 3.29. The fourth-order valence-corrected chi connectivity index (χ4v) is 7.66. The van der Waals surface area contributed by atoms with Crippen LogP contribution >= 0.6 is 11.6 Å². The molecule has 1 amide bonds. The number of hydrogen-bond acceptors (Lipinski definition) is 3. The number of rotatable bonds is 7. The number of ketones is 1. The first kappa shape index (κ1) is 21.5. The lowest BCUT2D eigenvalue weighted by Crippen LogP contribution is -2.48. The van der Waals surface area contributed by atoms with Gasteiger partial charge in [0, 0.05) is 36.0 Å². The number of amides is 1. The maximum Gasteiger partial charge on any atom is 0.220 e. The average molecular weight is 443 g/mol. The van der Waals surface area contributed by atoms with Gasteiger partial charge in [-0.1, -0.05) is 11.6 Å². The lowest BCUT2D eigenvalue weighted by molar-refractivity contribution is -0.129. The maximum absolute atomic E-state index is 12.7. The highest BCUT2D eigenvalue weighted by molar-refractivity contribution is 6.30. The van der Waals surface area contributed by atoms with Crippen LogP contribution < -0.4 is 5.32 Å². The zero-order valence-corrected chi connectivity index (χ0v) is 19.2. The fourth-order valence-electron chi connectivity index (χ4n) is 7.53. The molecular formula is C26H35ClN2O2. The molecule has 1 N–H and O–H groups in total. The molecule has 0 aromatic heterocycles. The third-order valence-corrected chi connectivity index (χ3v) is 8.79. The van der Waals surface area contributed by atoms with E-state index in [1.165, 1.54) is 38.5 Å². The highest BCUT2D eigenvalue weighted by Crippen LogP contribution is 2.61. The summed E-state index contributed by atoms with van der Waals surface area (Å²) in [5.41, 5.74) is 1.08. The summed E-state index contributed by atoms with van der Waals surface area (Å²) in [4.78, 5) is 27.8. The topological polar surface area (TPSA) is 49.4 Å². The second-order valence-corrected chi connectivity index (χ2v) is 11.4. The molecule has 1 aromatic carbocycles. The number of benzene rings is 1. The molecule has 4 aliphatic carbocycles. The van der Waals surface area contributed by atoms with Gasteiger partial charge in [0.05, 0.1) is 0 Å². The largest absolute Gasteiger partial charge is 0.355 e. The molecule has 1 aromatic rings. The number of hydrogen-bond donors (Lipinski definition) is 1. The van der Waals surface area contributed by atoms with E-state index >= 15 is 0 Å². The molecular weight excluding hydrogens is 408 g/mol. The summed E-state index contributed by atoms with van der Waals surface area (Å²) in [5, 5.41) is 3.87. The van der Waals surface area contributed by atoms with Gasteiger partial charge in [0.15, 0.2) is 5.78 Å². The van der Waals surface area contributed by atoms with Gasteiger partial charge in [-0.25, -0.2) is 0 Å². The molecule has 6 rings (SSSR count). The molecule has 4 nitrogen and oxygen atoms in total. The Morgan fingerprint density at radius 1 is 0.968 bits per heavy atom. The number of piperidine rings is 1. The predicted octanol–water partition coefficient (Wildman–Crippen LogP) is 4.96. The van der Waals surface area contributed by atoms with Gasteiger partial charge in [0.2, 0.25) is 5.91 Å². The van der Waals surface area contributed by atoms with E-state index in [-0.39, 0.29) is 17.6 Å². The average Bonchev–Trinajstić information content (AvgIpc) is 2.73. The Hall–Kier alpha value is -1.39. The normalized spacial score (nSPS) is 32.9. The van der Waals surface area contributed by atoms with Crippen molar-refractivity contribution in [1.29, 1.82) is 0 Å². The van der Waals surface area contributed by atoms with E-state index in [1.54, 1.807) is 12.1 Å². The summed E-state index contributed by atoms with van der Waals surface area (Å²) < 4.78 is 0. The van der Waals surface area contributed by atoms with E-state index in [4.69, 9.17) is 11.6 Å². The molecule has 0 spiro atoms. The van der Waals surface area contributed by atoms with Crippen LogP contribution in [-0.2, 0) is 4.79 Å². The molecule has 4 saturated carbocycles. The van der Waals surface area contributed by atoms with Crippen LogP contribution in [0.5, 0.6) is 0 Å². The van der Waals surface area contributed by atoms with Gasteiger partial charge in [0.25, 0.3) is 0 Å². The monoisotopic (exact) mass is 442 g/mol. The summed E-state index contributed by atoms with van der Waals surface area (Å²) in [6.07, 6.45) is 10.7. The first-order valence-corrected chi connectivity index (χ1v) is 12.6. The highest BCUT2D eigenvalue weighted by Gasteiger charge is 2.51.